The van der Waals surface area contributed by atoms with E-state index in [4.69, 9.17) is 23.2 Å². The van der Waals surface area contributed by atoms with Gasteiger partial charge < -0.3 is 10.2 Å². The van der Waals surface area contributed by atoms with E-state index < -0.39 is 22.5 Å². The monoisotopic (exact) mass is 559 g/mol. The van der Waals surface area contributed by atoms with Gasteiger partial charge in [0.1, 0.15) is 6.54 Å². The molecule has 0 bridgehead atoms. The van der Waals surface area contributed by atoms with E-state index in [1.165, 1.54) is 48.9 Å². The standard InChI is InChI=1S/C28H31Cl2N3O3S/c1-20-14-16-32(17-15-20)23-10-8-22(9-11-23)21(2)31-28(34)19-33(24-12-13-26(29)27(30)18-24)37(35,36)25-6-4-3-5-7-25/h3-13,18,20-21H,14-17,19H2,1-2H3,(H,31,34). The van der Waals surface area contributed by atoms with E-state index in [-0.39, 0.29) is 21.6 Å². The lowest BCUT2D eigenvalue weighted by molar-refractivity contribution is -0.120. The van der Waals surface area contributed by atoms with Crippen LogP contribution in [0, 0.1) is 5.92 Å². The number of halogens is 2. The average molecular weight is 561 g/mol. The molecular formula is C28H31Cl2N3O3S. The number of nitrogens with one attached hydrogen (secondary N) is 1. The van der Waals surface area contributed by atoms with Gasteiger partial charge in [-0.2, -0.15) is 0 Å². The summed E-state index contributed by atoms with van der Waals surface area (Å²) in [5.41, 5.74) is 2.37. The van der Waals surface area contributed by atoms with E-state index in [2.05, 4.69) is 29.3 Å². The number of anilines is 2. The van der Waals surface area contributed by atoms with Crippen molar-refractivity contribution in [3.8, 4) is 0 Å². The maximum Gasteiger partial charge on any atom is 0.264 e. The van der Waals surface area contributed by atoms with Crippen LogP contribution in [0.15, 0.2) is 77.7 Å². The number of hydrogen-bond acceptors (Lipinski definition) is 4. The molecule has 0 aromatic heterocycles. The highest BCUT2D eigenvalue weighted by molar-refractivity contribution is 7.92. The maximum atomic E-state index is 13.5. The van der Waals surface area contributed by atoms with Gasteiger partial charge in [-0.15, -0.1) is 0 Å². The Morgan fingerprint density at radius 1 is 1.00 bits per heavy atom. The van der Waals surface area contributed by atoms with Crippen molar-refractivity contribution < 1.29 is 13.2 Å². The Kier molecular flexibility index (Phi) is 8.67. The number of hydrogen-bond donors (Lipinski definition) is 1. The van der Waals surface area contributed by atoms with E-state index in [1.807, 2.05) is 19.1 Å². The summed E-state index contributed by atoms with van der Waals surface area (Å²) in [6.45, 7) is 5.85. The number of benzene rings is 3. The lowest BCUT2D eigenvalue weighted by Crippen LogP contribution is -2.41. The normalized spacial score (nSPS) is 15.3. The first-order chi connectivity index (χ1) is 17.6. The molecule has 3 aromatic rings. The van der Waals surface area contributed by atoms with Gasteiger partial charge in [0.2, 0.25) is 5.91 Å². The zero-order chi connectivity index (χ0) is 26.6. The van der Waals surface area contributed by atoms with E-state index in [9.17, 15) is 13.2 Å². The molecule has 1 fully saturated rings. The molecule has 0 spiro atoms. The van der Waals surface area contributed by atoms with Crippen LogP contribution in [0.1, 0.15) is 38.3 Å². The predicted molar refractivity (Wildman–Crippen MR) is 151 cm³/mol. The van der Waals surface area contributed by atoms with Crippen molar-refractivity contribution in [2.24, 2.45) is 5.92 Å². The number of carbonyl (C=O) groups is 1. The van der Waals surface area contributed by atoms with Crippen LogP contribution in [-0.2, 0) is 14.8 Å². The Morgan fingerprint density at radius 3 is 2.27 bits per heavy atom. The summed E-state index contributed by atoms with van der Waals surface area (Å²) in [5, 5.41) is 3.43. The fourth-order valence-electron chi connectivity index (χ4n) is 4.42. The van der Waals surface area contributed by atoms with Gasteiger partial charge in [0.25, 0.3) is 10.0 Å². The van der Waals surface area contributed by atoms with Crippen molar-refractivity contribution in [3.05, 3.63) is 88.4 Å². The molecule has 3 aromatic carbocycles. The zero-order valence-electron chi connectivity index (χ0n) is 20.9. The van der Waals surface area contributed by atoms with Gasteiger partial charge in [-0.1, -0.05) is 60.5 Å². The highest BCUT2D eigenvalue weighted by atomic mass is 35.5. The molecule has 37 heavy (non-hydrogen) atoms. The molecule has 196 valence electrons. The molecule has 9 heteroatoms. The average Bonchev–Trinajstić information content (AvgIpc) is 2.90. The largest absolute Gasteiger partial charge is 0.372 e. The highest BCUT2D eigenvalue weighted by Crippen LogP contribution is 2.31. The van der Waals surface area contributed by atoms with Crippen molar-refractivity contribution >= 4 is 50.5 Å². The zero-order valence-corrected chi connectivity index (χ0v) is 23.2. The Balaban J connectivity index is 1.50. The topological polar surface area (TPSA) is 69.7 Å². The van der Waals surface area contributed by atoms with Crippen molar-refractivity contribution in [1.82, 2.24) is 5.32 Å². The number of amides is 1. The predicted octanol–water partition coefficient (Wildman–Crippen LogP) is 6.30. The Hall–Kier alpha value is -2.74. The Bertz CT molecular complexity index is 1330. The number of sulfonamides is 1. The molecule has 0 aliphatic carbocycles. The van der Waals surface area contributed by atoms with Crippen molar-refractivity contribution in [2.75, 3.05) is 28.8 Å². The van der Waals surface area contributed by atoms with Gasteiger partial charge in [0, 0.05) is 18.8 Å². The van der Waals surface area contributed by atoms with E-state index >= 15 is 0 Å². The van der Waals surface area contributed by atoms with E-state index in [0.29, 0.717) is 5.02 Å². The fourth-order valence-corrected chi connectivity index (χ4v) is 6.14. The summed E-state index contributed by atoms with van der Waals surface area (Å²) < 4.78 is 28.0. The summed E-state index contributed by atoms with van der Waals surface area (Å²) in [6, 6.07) is 20.3. The van der Waals surface area contributed by atoms with Crippen molar-refractivity contribution in [1.29, 1.82) is 0 Å². The van der Waals surface area contributed by atoms with Crippen LogP contribution in [-0.4, -0.2) is 34.0 Å². The lowest BCUT2D eigenvalue weighted by Gasteiger charge is -2.32. The molecule has 1 saturated heterocycles. The second kappa shape index (κ2) is 11.8. The highest BCUT2D eigenvalue weighted by Gasteiger charge is 2.28. The minimum absolute atomic E-state index is 0.0737. The molecule has 1 aliphatic rings. The first kappa shape index (κ1) is 27.3. The quantitative estimate of drug-likeness (QED) is 0.351. The van der Waals surface area contributed by atoms with Crippen LogP contribution in [0.25, 0.3) is 0 Å². The molecule has 1 amide bonds. The van der Waals surface area contributed by atoms with Crippen LogP contribution in [0.3, 0.4) is 0 Å². The summed E-state index contributed by atoms with van der Waals surface area (Å²) in [5.74, 6) is 0.326. The molecule has 1 heterocycles. The summed E-state index contributed by atoms with van der Waals surface area (Å²) in [6.07, 6.45) is 2.38. The Morgan fingerprint density at radius 2 is 1.65 bits per heavy atom. The molecule has 1 aliphatic heterocycles. The van der Waals surface area contributed by atoms with Gasteiger partial charge in [0.15, 0.2) is 0 Å². The van der Waals surface area contributed by atoms with Gasteiger partial charge >= 0.3 is 0 Å². The SMILES string of the molecule is CC1CCN(c2ccc(C(C)NC(=O)CN(c3ccc(Cl)c(Cl)c3)S(=O)(=O)c3ccccc3)cc2)CC1. The number of carbonyl (C=O) groups excluding carboxylic acids is 1. The molecule has 6 nitrogen and oxygen atoms in total. The fraction of sp³-hybridized carbons (Fsp3) is 0.321. The van der Waals surface area contributed by atoms with Crippen molar-refractivity contribution in [3.63, 3.8) is 0 Å². The third-order valence-corrected chi connectivity index (χ3v) is 9.26. The molecule has 4 rings (SSSR count). The van der Waals surface area contributed by atoms with Crippen molar-refractivity contribution in [2.45, 2.75) is 37.6 Å². The summed E-state index contributed by atoms with van der Waals surface area (Å²) >= 11 is 12.2. The number of rotatable bonds is 8. The Labute approximate surface area is 229 Å². The molecule has 0 radical (unpaired) electrons. The smallest absolute Gasteiger partial charge is 0.264 e. The summed E-state index contributed by atoms with van der Waals surface area (Å²) in [7, 11) is -4.04. The van der Waals surface area contributed by atoms with Crippen LogP contribution < -0.4 is 14.5 Å². The van der Waals surface area contributed by atoms with Crippen LogP contribution in [0.5, 0.6) is 0 Å². The number of piperidine rings is 1. The molecule has 0 saturated carbocycles. The van der Waals surface area contributed by atoms with Gasteiger partial charge in [-0.05, 0) is 73.7 Å². The maximum absolute atomic E-state index is 13.5. The minimum atomic E-state index is -4.04. The number of nitrogens with zero attached hydrogens (tertiary/aromatic N) is 2. The summed E-state index contributed by atoms with van der Waals surface area (Å²) in [4.78, 5) is 15.6. The molecule has 1 atom stereocenters. The van der Waals surface area contributed by atoms with Gasteiger partial charge in [-0.25, -0.2) is 8.42 Å². The van der Waals surface area contributed by atoms with Gasteiger partial charge in [-0.3, -0.25) is 9.10 Å². The second-order valence-electron chi connectivity index (χ2n) is 9.47. The van der Waals surface area contributed by atoms with Gasteiger partial charge in [0.05, 0.1) is 26.7 Å². The van der Waals surface area contributed by atoms with Crippen LogP contribution in [0.4, 0.5) is 11.4 Å². The second-order valence-corrected chi connectivity index (χ2v) is 12.2. The van der Waals surface area contributed by atoms with E-state index in [0.717, 1.165) is 28.9 Å². The van der Waals surface area contributed by atoms with E-state index in [1.54, 1.807) is 18.2 Å². The van der Waals surface area contributed by atoms with Crippen LogP contribution in [0.2, 0.25) is 10.0 Å². The third kappa shape index (κ3) is 6.58. The first-order valence-electron chi connectivity index (χ1n) is 12.3. The molecule has 1 unspecified atom stereocenters. The molecule has 1 N–H and O–H groups in total. The molecular weight excluding hydrogens is 529 g/mol. The first-order valence-corrected chi connectivity index (χ1v) is 14.5. The third-order valence-electron chi connectivity index (χ3n) is 6.73. The van der Waals surface area contributed by atoms with Crippen LogP contribution >= 0.6 is 23.2 Å². The lowest BCUT2D eigenvalue weighted by atomic mass is 9.98. The minimum Gasteiger partial charge on any atom is -0.372 e.